The van der Waals surface area contributed by atoms with Gasteiger partial charge in [0, 0.05) is 31.9 Å². The Kier molecular flexibility index (Phi) is 3.51. The van der Waals surface area contributed by atoms with Crippen LogP contribution < -0.4 is 4.90 Å². The minimum atomic E-state index is 0.496. The highest BCUT2D eigenvalue weighted by molar-refractivity contribution is 5.53. The van der Waals surface area contributed by atoms with E-state index in [1.54, 1.807) is 12.1 Å². The third-order valence-electron chi connectivity index (χ3n) is 3.14. The maximum atomic E-state index is 10.3. The van der Waals surface area contributed by atoms with Gasteiger partial charge >= 0.3 is 0 Å². The number of nitrogens with zero attached hydrogens (tertiary/aromatic N) is 3. The molecule has 0 aromatic heterocycles. The molecule has 0 bridgehead atoms. The van der Waals surface area contributed by atoms with Gasteiger partial charge in [-0.3, -0.25) is 0 Å². The van der Waals surface area contributed by atoms with E-state index in [0.717, 1.165) is 32.7 Å². The van der Waals surface area contributed by atoms with E-state index >= 15 is 0 Å². The molecule has 1 saturated heterocycles. The lowest BCUT2D eigenvalue weighted by molar-refractivity contribution is 0.271. The third kappa shape index (κ3) is 2.39. The predicted octanol–water partition coefficient (Wildman–Crippen LogP) is 2.23. The quantitative estimate of drug-likeness (QED) is 0.731. The summed E-state index contributed by atoms with van der Waals surface area (Å²) in [5, 5.41) is 2.91. The Hall–Kier alpha value is -1.42. The van der Waals surface area contributed by atoms with Gasteiger partial charge in [0.15, 0.2) is 0 Å². The Morgan fingerprint density at radius 1 is 1.12 bits per heavy atom. The van der Waals surface area contributed by atoms with Gasteiger partial charge in [0.1, 0.15) is 5.69 Å². The number of nitroso groups, excluding NO2 is 1. The fourth-order valence-corrected chi connectivity index (χ4v) is 2.05. The van der Waals surface area contributed by atoms with Crippen molar-refractivity contribution in [1.82, 2.24) is 4.90 Å². The van der Waals surface area contributed by atoms with E-state index in [0.29, 0.717) is 5.69 Å². The Morgan fingerprint density at radius 2 is 1.75 bits per heavy atom. The highest BCUT2D eigenvalue weighted by Gasteiger charge is 2.15. The Labute approximate surface area is 95.8 Å². The molecule has 0 amide bonds. The molecule has 1 aromatic rings. The van der Waals surface area contributed by atoms with E-state index in [9.17, 15) is 4.91 Å². The highest BCUT2D eigenvalue weighted by atomic mass is 16.3. The van der Waals surface area contributed by atoms with Gasteiger partial charge in [-0.05, 0) is 36.0 Å². The summed E-state index contributed by atoms with van der Waals surface area (Å²) < 4.78 is 0. The fourth-order valence-electron chi connectivity index (χ4n) is 2.05. The molecular formula is C12H17N3O. The Morgan fingerprint density at radius 3 is 2.25 bits per heavy atom. The molecule has 0 radical (unpaired) electrons. The first-order valence-corrected chi connectivity index (χ1v) is 5.74. The van der Waals surface area contributed by atoms with Crippen LogP contribution >= 0.6 is 0 Å². The average molecular weight is 219 g/mol. The molecule has 16 heavy (non-hydrogen) atoms. The van der Waals surface area contributed by atoms with Crippen molar-refractivity contribution in [2.75, 3.05) is 37.6 Å². The first kappa shape index (κ1) is 11.1. The van der Waals surface area contributed by atoms with Gasteiger partial charge in [-0.15, -0.1) is 4.91 Å². The van der Waals surface area contributed by atoms with Gasteiger partial charge in [0.2, 0.25) is 0 Å². The molecule has 4 heteroatoms. The van der Waals surface area contributed by atoms with Crippen molar-refractivity contribution in [3.05, 3.63) is 29.2 Å². The molecule has 2 rings (SSSR count). The van der Waals surface area contributed by atoms with Crippen LogP contribution in [0.15, 0.2) is 29.4 Å². The third-order valence-corrected chi connectivity index (χ3v) is 3.14. The summed E-state index contributed by atoms with van der Waals surface area (Å²) >= 11 is 0. The molecule has 4 nitrogen and oxygen atoms in total. The highest BCUT2D eigenvalue weighted by Crippen LogP contribution is 2.20. The van der Waals surface area contributed by atoms with Gasteiger partial charge in [0.05, 0.1) is 0 Å². The first-order chi connectivity index (χ1) is 7.83. The zero-order valence-electron chi connectivity index (χ0n) is 9.59. The smallest absolute Gasteiger partial charge is 0.108 e. The molecule has 0 N–H and O–H groups in total. The van der Waals surface area contributed by atoms with Crippen molar-refractivity contribution < 1.29 is 0 Å². The minimum absolute atomic E-state index is 0.496. The molecule has 0 spiro atoms. The Bertz CT molecular complexity index is 342. The SMILES string of the molecule is CCN1CCN(c2ccc(N=O)cc2)CC1. The standard InChI is InChI=1S/C12H17N3O/c1-2-14-7-9-15(10-8-14)12-5-3-11(13-16)4-6-12/h3-6H,2,7-10H2,1H3. The lowest BCUT2D eigenvalue weighted by atomic mass is 10.2. The molecule has 0 unspecified atom stereocenters. The number of benzene rings is 1. The van der Waals surface area contributed by atoms with Gasteiger partial charge in [-0.1, -0.05) is 6.92 Å². The molecule has 86 valence electrons. The molecule has 0 saturated carbocycles. The monoisotopic (exact) mass is 219 g/mol. The average Bonchev–Trinajstić information content (AvgIpc) is 2.39. The number of rotatable bonds is 3. The predicted molar refractivity (Wildman–Crippen MR) is 66.2 cm³/mol. The second kappa shape index (κ2) is 5.07. The zero-order valence-corrected chi connectivity index (χ0v) is 9.59. The number of hydrogen-bond acceptors (Lipinski definition) is 4. The van der Waals surface area contributed by atoms with Crippen molar-refractivity contribution in [1.29, 1.82) is 0 Å². The van der Waals surface area contributed by atoms with Crippen LogP contribution in [0.1, 0.15) is 6.92 Å². The summed E-state index contributed by atoms with van der Waals surface area (Å²) in [4.78, 5) is 15.1. The molecule has 0 atom stereocenters. The number of anilines is 1. The van der Waals surface area contributed by atoms with Gasteiger partial charge < -0.3 is 9.80 Å². The molecule has 1 heterocycles. The van der Waals surface area contributed by atoms with Crippen LogP contribution in [0, 0.1) is 4.91 Å². The van der Waals surface area contributed by atoms with Crippen molar-refractivity contribution in [2.45, 2.75) is 6.92 Å². The van der Waals surface area contributed by atoms with Crippen LogP contribution in [0.25, 0.3) is 0 Å². The summed E-state index contributed by atoms with van der Waals surface area (Å²) in [7, 11) is 0. The second-order valence-corrected chi connectivity index (χ2v) is 4.03. The van der Waals surface area contributed by atoms with Gasteiger partial charge in [-0.2, -0.15) is 0 Å². The van der Waals surface area contributed by atoms with Crippen molar-refractivity contribution >= 4 is 11.4 Å². The van der Waals surface area contributed by atoms with Crippen LogP contribution in [-0.2, 0) is 0 Å². The number of likely N-dealkylation sites (N-methyl/N-ethyl adjacent to an activating group) is 1. The summed E-state index contributed by atoms with van der Waals surface area (Å²) in [5.74, 6) is 0. The molecule has 1 aliphatic rings. The van der Waals surface area contributed by atoms with E-state index < -0.39 is 0 Å². The second-order valence-electron chi connectivity index (χ2n) is 4.03. The van der Waals surface area contributed by atoms with E-state index in [4.69, 9.17) is 0 Å². The maximum Gasteiger partial charge on any atom is 0.108 e. The van der Waals surface area contributed by atoms with Crippen LogP contribution in [0.3, 0.4) is 0 Å². The molecular weight excluding hydrogens is 202 g/mol. The van der Waals surface area contributed by atoms with Crippen molar-refractivity contribution in [2.24, 2.45) is 5.18 Å². The summed E-state index contributed by atoms with van der Waals surface area (Å²) in [6.45, 7) is 7.67. The lowest BCUT2D eigenvalue weighted by Crippen LogP contribution is -2.46. The molecule has 1 aliphatic heterocycles. The largest absolute Gasteiger partial charge is 0.369 e. The van der Waals surface area contributed by atoms with Gasteiger partial charge in [0.25, 0.3) is 0 Å². The van der Waals surface area contributed by atoms with E-state index in [1.165, 1.54) is 5.69 Å². The summed E-state index contributed by atoms with van der Waals surface area (Å²) in [6.07, 6.45) is 0. The van der Waals surface area contributed by atoms with Crippen LogP contribution in [0.2, 0.25) is 0 Å². The van der Waals surface area contributed by atoms with Gasteiger partial charge in [-0.25, -0.2) is 0 Å². The van der Waals surface area contributed by atoms with Crippen LogP contribution in [0.5, 0.6) is 0 Å². The molecule has 1 fully saturated rings. The zero-order chi connectivity index (χ0) is 11.4. The number of hydrogen-bond donors (Lipinski definition) is 0. The lowest BCUT2D eigenvalue weighted by Gasteiger charge is -2.35. The first-order valence-electron chi connectivity index (χ1n) is 5.74. The van der Waals surface area contributed by atoms with Crippen molar-refractivity contribution in [3.8, 4) is 0 Å². The van der Waals surface area contributed by atoms with Crippen molar-refractivity contribution in [3.63, 3.8) is 0 Å². The topological polar surface area (TPSA) is 35.9 Å². The number of piperazine rings is 1. The maximum absolute atomic E-state index is 10.3. The molecule has 1 aromatic carbocycles. The normalized spacial score (nSPS) is 17.4. The summed E-state index contributed by atoms with van der Waals surface area (Å²) in [5.41, 5.74) is 1.68. The fraction of sp³-hybridized carbons (Fsp3) is 0.500. The Balaban J connectivity index is 1.99. The van der Waals surface area contributed by atoms with E-state index in [1.807, 2.05) is 12.1 Å². The van der Waals surface area contributed by atoms with Crippen LogP contribution in [-0.4, -0.2) is 37.6 Å². The molecule has 0 aliphatic carbocycles. The minimum Gasteiger partial charge on any atom is -0.369 e. The van der Waals surface area contributed by atoms with E-state index in [-0.39, 0.29) is 0 Å². The summed E-state index contributed by atoms with van der Waals surface area (Å²) in [6, 6.07) is 7.49. The van der Waals surface area contributed by atoms with Crippen LogP contribution in [0.4, 0.5) is 11.4 Å². The van der Waals surface area contributed by atoms with E-state index in [2.05, 4.69) is 21.9 Å².